The number of methoxy groups -OCH3 is 2. The lowest BCUT2D eigenvalue weighted by atomic mass is 10.1. The molecule has 0 aliphatic carbocycles. The van der Waals surface area contributed by atoms with E-state index in [0.29, 0.717) is 41.8 Å². The summed E-state index contributed by atoms with van der Waals surface area (Å²) in [5.74, 6) is 1.21. The van der Waals surface area contributed by atoms with Gasteiger partial charge < -0.3 is 25.2 Å². The summed E-state index contributed by atoms with van der Waals surface area (Å²) < 4.78 is 10.4. The van der Waals surface area contributed by atoms with Crippen molar-refractivity contribution in [3.63, 3.8) is 0 Å². The third-order valence-electron chi connectivity index (χ3n) is 3.91. The molecule has 1 aliphatic heterocycles. The molecule has 0 radical (unpaired) electrons. The molecule has 0 bridgehead atoms. The summed E-state index contributed by atoms with van der Waals surface area (Å²) in [6, 6.07) is 3.30. The number of benzene rings is 1. The van der Waals surface area contributed by atoms with E-state index in [1.807, 2.05) is 0 Å². The van der Waals surface area contributed by atoms with Crippen molar-refractivity contribution in [2.45, 2.75) is 12.8 Å². The van der Waals surface area contributed by atoms with Crippen molar-refractivity contribution in [3.8, 4) is 11.5 Å². The molecule has 2 rings (SSSR count). The zero-order chi connectivity index (χ0) is 15.4. The standard InChI is InChI=1S/C15H22N2O4/c1-20-11-7-12(14(16)13(8-11)21-2)15(19)17-5-3-10(9-17)4-6-18/h7-8,10,18H,3-6,9,16H2,1-2H3. The van der Waals surface area contributed by atoms with Crippen molar-refractivity contribution < 1.29 is 19.4 Å². The van der Waals surface area contributed by atoms with Crippen LogP contribution in [0.2, 0.25) is 0 Å². The summed E-state index contributed by atoms with van der Waals surface area (Å²) in [5, 5.41) is 8.99. The van der Waals surface area contributed by atoms with Gasteiger partial charge >= 0.3 is 0 Å². The number of aliphatic hydroxyl groups is 1. The number of hydrogen-bond acceptors (Lipinski definition) is 5. The van der Waals surface area contributed by atoms with Crippen LogP contribution >= 0.6 is 0 Å². The van der Waals surface area contributed by atoms with Gasteiger partial charge in [-0.2, -0.15) is 0 Å². The van der Waals surface area contributed by atoms with Crippen LogP contribution in [0.3, 0.4) is 0 Å². The molecule has 1 aromatic carbocycles. The normalized spacial score (nSPS) is 17.9. The number of anilines is 1. The lowest BCUT2D eigenvalue weighted by molar-refractivity contribution is 0.0785. The molecule has 0 aromatic heterocycles. The van der Waals surface area contributed by atoms with E-state index in [0.717, 1.165) is 12.8 Å². The Hall–Kier alpha value is -1.95. The molecule has 1 atom stereocenters. The van der Waals surface area contributed by atoms with Crippen LogP contribution in [0.5, 0.6) is 11.5 Å². The molecule has 0 spiro atoms. The van der Waals surface area contributed by atoms with Gasteiger partial charge in [0.15, 0.2) is 0 Å². The van der Waals surface area contributed by atoms with Crippen molar-refractivity contribution in [1.29, 1.82) is 0 Å². The largest absolute Gasteiger partial charge is 0.497 e. The summed E-state index contributed by atoms with van der Waals surface area (Å²) >= 11 is 0. The maximum absolute atomic E-state index is 12.6. The van der Waals surface area contributed by atoms with E-state index < -0.39 is 0 Å². The van der Waals surface area contributed by atoms with Crippen LogP contribution in [0.25, 0.3) is 0 Å². The van der Waals surface area contributed by atoms with Crippen LogP contribution in [0, 0.1) is 5.92 Å². The number of rotatable bonds is 5. The Morgan fingerprint density at radius 3 is 2.81 bits per heavy atom. The Balaban J connectivity index is 2.23. The molecule has 3 N–H and O–H groups in total. The van der Waals surface area contributed by atoms with Gasteiger partial charge in [-0.25, -0.2) is 0 Å². The lowest BCUT2D eigenvalue weighted by Crippen LogP contribution is -2.29. The van der Waals surface area contributed by atoms with Crippen molar-refractivity contribution >= 4 is 11.6 Å². The molecule has 6 heteroatoms. The predicted molar refractivity (Wildman–Crippen MR) is 79.7 cm³/mol. The Labute approximate surface area is 124 Å². The molecule has 1 amide bonds. The van der Waals surface area contributed by atoms with Crippen LogP contribution in [-0.2, 0) is 0 Å². The third kappa shape index (κ3) is 3.21. The van der Waals surface area contributed by atoms with Crippen molar-refractivity contribution in [3.05, 3.63) is 17.7 Å². The number of nitrogens with two attached hydrogens (primary N) is 1. The molecule has 0 saturated carbocycles. The van der Waals surface area contributed by atoms with Crippen molar-refractivity contribution in [2.75, 3.05) is 39.6 Å². The van der Waals surface area contributed by atoms with E-state index in [1.165, 1.54) is 14.2 Å². The number of likely N-dealkylation sites (tertiary alicyclic amines) is 1. The van der Waals surface area contributed by atoms with Gasteiger partial charge in [0, 0.05) is 25.8 Å². The van der Waals surface area contributed by atoms with Crippen molar-refractivity contribution in [2.24, 2.45) is 5.92 Å². The number of carbonyl (C=O) groups is 1. The van der Waals surface area contributed by atoms with E-state index >= 15 is 0 Å². The van der Waals surface area contributed by atoms with Gasteiger partial charge in [0.2, 0.25) is 0 Å². The van der Waals surface area contributed by atoms with Crippen LogP contribution in [0.4, 0.5) is 5.69 Å². The van der Waals surface area contributed by atoms with Gasteiger partial charge in [0.25, 0.3) is 5.91 Å². The molecule has 6 nitrogen and oxygen atoms in total. The molecule has 21 heavy (non-hydrogen) atoms. The number of nitrogens with zero attached hydrogens (tertiary/aromatic N) is 1. The molecule has 1 unspecified atom stereocenters. The molecule has 1 fully saturated rings. The summed E-state index contributed by atoms with van der Waals surface area (Å²) in [5.41, 5.74) is 6.74. The molecule has 1 saturated heterocycles. The second-order valence-electron chi connectivity index (χ2n) is 5.21. The maximum atomic E-state index is 12.6. The molecule has 1 heterocycles. The highest BCUT2D eigenvalue weighted by atomic mass is 16.5. The number of hydrogen-bond donors (Lipinski definition) is 2. The first-order valence-electron chi connectivity index (χ1n) is 7.02. The second kappa shape index (κ2) is 6.67. The topological polar surface area (TPSA) is 85.0 Å². The Bertz CT molecular complexity index is 519. The van der Waals surface area contributed by atoms with Gasteiger partial charge in [0.05, 0.1) is 25.5 Å². The van der Waals surface area contributed by atoms with E-state index in [4.69, 9.17) is 20.3 Å². The maximum Gasteiger partial charge on any atom is 0.256 e. The summed E-state index contributed by atoms with van der Waals surface area (Å²) in [7, 11) is 3.04. The monoisotopic (exact) mass is 294 g/mol. The number of nitrogen functional groups attached to an aromatic ring is 1. The zero-order valence-electron chi connectivity index (χ0n) is 12.5. The molecule has 1 aliphatic rings. The fourth-order valence-electron chi connectivity index (χ4n) is 2.67. The van der Waals surface area contributed by atoms with Crippen LogP contribution in [-0.4, -0.2) is 49.8 Å². The number of carbonyl (C=O) groups excluding carboxylic acids is 1. The second-order valence-corrected chi connectivity index (χ2v) is 5.21. The van der Waals surface area contributed by atoms with Gasteiger partial charge in [-0.1, -0.05) is 0 Å². The fraction of sp³-hybridized carbons (Fsp3) is 0.533. The van der Waals surface area contributed by atoms with E-state index in [9.17, 15) is 4.79 Å². The number of aliphatic hydroxyl groups excluding tert-OH is 1. The Morgan fingerprint density at radius 1 is 1.43 bits per heavy atom. The summed E-state index contributed by atoms with van der Waals surface area (Å²) in [6.07, 6.45) is 1.63. The molecular weight excluding hydrogens is 272 g/mol. The number of ether oxygens (including phenoxy) is 2. The number of amides is 1. The first-order valence-corrected chi connectivity index (χ1v) is 7.02. The van der Waals surface area contributed by atoms with Gasteiger partial charge in [-0.05, 0) is 24.8 Å². The first kappa shape index (κ1) is 15.4. The predicted octanol–water partition coefficient (Wildman–Crippen LogP) is 1.13. The minimum Gasteiger partial charge on any atom is -0.497 e. The molecule has 116 valence electrons. The summed E-state index contributed by atoms with van der Waals surface area (Å²) in [4.78, 5) is 14.4. The minimum absolute atomic E-state index is 0.120. The fourth-order valence-corrected chi connectivity index (χ4v) is 2.67. The molecule has 1 aromatic rings. The zero-order valence-corrected chi connectivity index (χ0v) is 12.5. The van der Waals surface area contributed by atoms with Crippen LogP contribution in [0.15, 0.2) is 12.1 Å². The highest BCUT2D eigenvalue weighted by molar-refractivity contribution is 6.01. The average molecular weight is 294 g/mol. The minimum atomic E-state index is -0.120. The summed E-state index contributed by atoms with van der Waals surface area (Å²) in [6.45, 7) is 1.49. The van der Waals surface area contributed by atoms with Crippen LogP contribution in [0.1, 0.15) is 23.2 Å². The highest BCUT2D eigenvalue weighted by Crippen LogP contribution is 2.33. The van der Waals surface area contributed by atoms with E-state index in [2.05, 4.69) is 0 Å². The molecular formula is C15H22N2O4. The lowest BCUT2D eigenvalue weighted by Gasteiger charge is -2.19. The van der Waals surface area contributed by atoms with E-state index in [-0.39, 0.29) is 12.5 Å². The average Bonchev–Trinajstić information content (AvgIpc) is 2.96. The van der Waals surface area contributed by atoms with Crippen LogP contribution < -0.4 is 15.2 Å². The van der Waals surface area contributed by atoms with Gasteiger partial charge in [-0.15, -0.1) is 0 Å². The first-order chi connectivity index (χ1) is 10.1. The highest BCUT2D eigenvalue weighted by Gasteiger charge is 2.28. The smallest absolute Gasteiger partial charge is 0.256 e. The Kier molecular flexibility index (Phi) is 4.90. The quantitative estimate of drug-likeness (QED) is 0.795. The van der Waals surface area contributed by atoms with Gasteiger partial charge in [-0.3, -0.25) is 4.79 Å². The Morgan fingerprint density at radius 2 is 2.19 bits per heavy atom. The van der Waals surface area contributed by atoms with Crippen molar-refractivity contribution in [1.82, 2.24) is 4.90 Å². The van der Waals surface area contributed by atoms with Gasteiger partial charge in [0.1, 0.15) is 11.5 Å². The SMILES string of the molecule is COc1cc(OC)c(N)c(C(=O)N2CCC(CCO)C2)c1. The third-order valence-corrected chi connectivity index (χ3v) is 3.91. The van der Waals surface area contributed by atoms with E-state index in [1.54, 1.807) is 17.0 Å².